The number of carbonyl (C=O) groups excluding carboxylic acids is 1. The first-order valence-electron chi connectivity index (χ1n) is 7.39. The standard InChI is InChI=1S/C17H17ClN4O2/c1-10-4-5-11(15(6-10)24-3)8-19-17(23)13-7-14-12(16(18)21-13)9-20-22(14)2/h4-7,9H,8H2,1-3H3,(H,19,23). The molecule has 0 radical (unpaired) electrons. The summed E-state index contributed by atoms with van der Waals surface area (Å²) in [4.78, 5) is 16.6. The van der Waals surface area contributed by atoms with Gasteiger partial charge in [-0.2, -0.15) is 5.10 Å². The summed E-state index contributed by atoms with van der Waals surface area (Å²) >= 11 is 6.14. The number of rotatable bonds is 4. The lowest BCUT2D eigenvalue weighted by molar-refractivity contribution is 0.0946. The van der Waals surface area contributed by atoms with Crippen LogP contribution >= 0.6 is 11.6 Å². The third-order valence-corrected chi connectivity index (χ3v) is 4.10. The zero-order chi connectivity index (χ0) is 17.3. The van der Waals surface area contributed by atoms with Crippen molar-refractivity contribution >= 4 is 28.4 Å². The Balaban J connectivity index is 1.82. The summed E-state index contributed by atoms with van der Waals surface area (Å²) in [7, 11) is 3.40. The summed E-state index contributed by atoms with van der Waals surface area (Å²) in [5.74, 6) is 0.436. The van der Waals surface area contributed by atoms with Crippen LogP contribution < -0.4 is 10.1 Å². The second-order valence-electron chi connectivity index (χ2n) is 5.50. The van der Waals surface area contributed by atoms with E-state index in [-0.39, 0.29) is 16.8 Å². The van der Waals surface area contributed by atoms with Gasteiger partial charge in [0, 0.05) is 19.2 Å². The van der Waals surface area contributed by atoms with Crippen LogP contribution in [0.4, 0.5) is 0 Å². The molecular formula is C17H17ClN4O2. The molecule has 3 aromatic rings. The van der Waals surface area contributed by atoms with E-state index in [1.807, 2.05) is 25.1 Å². The van der Waals surface area contributed by atoms with Gasteiger partial charge in [-0.05, 0) is 24.6 Å². The summed E-state index contributed by atoms with van der Waals surface area (Å²) < 4.78 is 7.00. The number of halogens is 1. The number of hydrogen-bond donors (Lipinski definition) is 1. The van der Waals surface area contributed by atoms with Gasteiger partial charge in [0.15, 0.2) is 0 Å². The topological polar surface area (TPSA) is 69.0 Å². The normalized spacial score (nSPS) is 10.8. The average molecular weight is 345 g/mol. The number of methoxy groups -OCH3 is 1. The first-order chi connectivity index (χ1) is 11.5. The molecule has 0 saturated heterocycles. The number of amides is 1. The smallest absolute Gasteiger partial charge is 0.270 e. The maximum absolute atomic E-state index is 12.4. The van der Waals surface area contributed by atoms with Crippen LogP contribution in [-0.2, 0) is 13.6 Å². The minimum atomic E-state index is -0.303. The zero-order valence-corrected chi connectivity index (χ0v) is 14.4. The highest BCUT2D eigenvalue weighted by Gasteiger charge is 2.14. The number of pyridine rings is 1. The molecule has 6 nitrogen and oxygen atoms in total. The van der Waals surface area contributed by atoms with E-state index in [0.717, 1.165) is 27.8 Å². The van der Waals surface area contributed by atoms with E-state index in [1.165, 1.54) is 0 Å². The molecule has 2 aromatic heterocycles. The van der Waals surface area contributed by atoms with Crippen molar-refractivity contribution in [1.29, 1.82) is 0 Å². The second-order valence-corrected chi connectivity index (χ2v) is 5.86. The fourth-order valence-corrected chi connectivity index (χ4v) is 2.72. The molecule has 0 aliphatic rings. The molecule has 0 atom stereocenters. The van der Waals surface area contributed by atoms with Gasteiger partial charge < -0.3 is 10.1 Å². The molecule has 0 aliphatic heterocycles. The number of aryl methyl sites for hydroxylation is 2. The molecule has 124 valence electrons. The van der Waals surface area contributed by atoms with Gasteiger partial charge in [-0.1, -0.05) is 23.7 Å². The van der Waals surface area contributed by atoms with Gasteiger partial charge >= 0.3 is 0 Å². The maximum Gasteiger partial charge on any atom is 0.270 e. The molecule has 0 unspecified atom stereocenters. The summed E-state index contributed by atoms with van der Waals surface area (Å²) in [6, 6.07) is 7.51. The number of hydrogen-bond acceptors (Lipinski definition) is 4. The molecule has 1 N–H and O–H groups in total. The Bertz CT molecular complexity index is 920. The van der Waals surface area contributed by atoms with E-state index in [0.29, 0.717) is 6.54 Å². The summed E-state index contributed by atoms with van der Waals surface area (Å²) in [6.45, 7) is 2.32. The van der Waals surface area contributed by atoms with E-state index in [4.69, 9.17) is 16.3 Å². The molecule has 2 heterocycles. The van der Waals surface area contributed by atoms with Gasteiger partial charge in [0.2, 0.25) is 0 Å². The lowest BCUT2D eigenvalue weighted by atomic mass is 10.1. The fourth-order valence-electron chi connectivity index (χ4n) is 2.49. The third-order valence-electron chi connectivity index (χ3n) is 3.81. The summed E-state index contributed by atoms with van der Waals surface area (Å²) in [5.41, 5.74) is 3.00. The molecule has 0 bridgehead atoms. The van der Waals surface area contributed by atoms with E-state index >= 15 is 0 Å². The SMILES string of the molecule is COc1cc(C)ccc1CNC(=O)c1cc2c(cnn2C)c(Cl)n1. The Morgan fingerprint density at radius 3 is 2.92 bits per heavy atom. The van der Waals surface area contributed by atoms with Crippen LogP contribution in [0, 0.1) is 6.92 Å². The highest BCUT2D eigenvalue weighted by molar-refractivity contribution is 6.34. The summed E-state index contributed by atoms with van der Waals surface area (Å²) in [5, 5.41) is 7.95. The lowest BCUT2D eigenvalue weighted by Gasteiger charge is -2.10. The minimum absolute atomic E-state index is 0.252. The lowest BCUT2D eigenvalue weighted by Crippen LogP contribution is -2.24. The Labute approximate surface area is 144 Å². The first kappa shape index (κ1) is 16.3. The Kier molecular flexibility index (Phi) is 4.40. The van der Waals surface area contributed by atoms with Crippen LogP contribution in [0.2, 0.25) is 5.15 Å². The Morgan fingerprint density at radius 2 is 2.17 bits per heavy atom. The zero-order valence-electron chi connectivity index (χ0n) is 13.6. The number of benzene rings is 1. The van der Waals surface area contributed by atoms with E-state index in [9.17, 15) is 4.79 Å². The number of nitrogens with one attached hydrogen (secondary N) is 1. The Hall–Kier alpha value is -2.60. The van der Waals surface area contributed by atoms with E-state index in [1.54, 1.807) is 31.1 Å². The predicted octanol–water partition coefficient (Wildman–Crippen LogP) is 2.87. The Morgan fingerprint density at radius 1 is 1.38 bits per heavy atom. The van der Waals surface area contributed by atoms with Crippen molar-refractivity contribution in [1.82, 2.24) is 20.1 Å². The molecule has 24 heavy (non-hydrogen) atoms. The second kappa shape index (κ2) is 6.49. The highest BCUT2D eigenvalue weighted by Crippen LogP contribution is 2.22. The molecule has 7 heteroatoms. The van der Waals surface area contributed by atoms with Crippen molar-refractivity contribution in [2.24, 2.45) is 7.05 Å². The van der Waals surface area contributed by atoms with Crippen molar-refractivity contribution in [2.45, 2.75) is 13.5 Å². The number of nitrogens with zero attached hydrogens (tertiary/aromatic N) is 3. The van der Waals surface area contributed by atoms with Crippen LogP contribution in [0.3, 0.4) is 0 Å². The van der Waals surface area contributed by atoms with E-state index < -0.39 is 0 Å². The van der Waals surface area contributed by atoms with Gasteiger partial charge in [-0.25, -0.2) is 4.98 Å². The monoisotopic (exact) mass is 344 g/mol. The number of fused-ring (bicyclic) bond motifs is 1. The van der Waals surface area contributed by atoms with Gasteiger partial charge in [0.1, 0.15) is 16.6 Å². The van der Waals surface area contributed by atoms with Crippen LogP contribution in [0.25, 0.3) is 10.9 Å². The van der Waals surface area contributed by atoms with Gasteiger partial charge in [-0.15, -0.1) is 0 Å². The van der Waals surface area contributed by atoms with Crippen LogP contribution in [0.15, 0.2) is 30.5 Å². The fraction of sp³-hybridized carbons (Fsp3) is 0.235. The van der Waals surface area contributed by atoms with E-state index in [2.05, 4.69) is 15.4 Å². The third kappa shape index (κ3) is 3.05. The average Bonchev–Trinajstić information content (AvgIpc) is 2.95. The van der Waals surface area contributed by atoms with Crippen molar-refractivity contribution in [2.75, 3.05) is 7.11 Å². The van der Waals surface area contributed by atoms with Crippen molar-refractivity contribution in [3.05, 3.63) is 52.4 Å². The highest BCUT2D eigenvalue weighted by atomic mass is 35.5. The molecule has 0 fully saturated rings. The largest absolute Gasteiger partial charge is 0.496 e. The van der Waals surface area contributed by atoms with Crippen molar-refractivity contribution in [3.63, 3.8) is 0 Å². The molecule has 0 aliphatic carbocycles. The number of ether oxygens (including phenoxy) is 1. The number of carbonyl (C=O) groups is 1. The van der Waals surface area contributed by atoms with Gasteiger partial charge in [0.05, 0.1) is 24.2 Å². The predicted molar refractivity (Wildman–Crippen MR) is 92.4 cm³/mol. The first-order valence-corrected chi connectivity index (χ1v) is 7.77. The van der Waals surface area contributed by atoms with Gasteiger partial charge in [0.25, 0.3) is 5.91 Å². The van der Waals surface area contributed by atoms with Gasteiger partial charge in [-0.3, -0.25) is 9.48 Å². The quantitative estimate of drug-likeness (QED) is 0.739. The molecular weight excluding hydrogens is 328 g/mol. The maximum atomic E-state index is 12.4. The van der Waals surface area contributed by atoms with Crippen molar-refractivity contribution < 1.29 is 9.53 Å². The molecule has 1 aromatic carbocycles. The molecule has 3 rings (SSSR count). The van der Waals surface area contributed by atoms with Crippen LogP contribution in [0.5, 0.6) is 5.75 Å². The van der Waals surface area contributed by atoms with Crippen molar-refractivity contribution in [3.8, 4) is 5.75 Å². The molecule has 1 amide bonds. The molecule has 0 saturated carbocycles. The van der Waals surface area contributed by atoms with Crippen LogP contribution in [-0.4, -0.2) is 27.8 Å². The minimum Gasteiger partial charge on any atom is -0.496 e. The number of aromatic nitrogens is 3. The summed E-state index contributed by atoms with van der Waals surface area (Å²) in [6.07, 6.45) is 1.63. The van der Waals surface area contributed by atoms with Crippen LogP contribution in [0.1, 0.15) is 21.6 Å². The molecule has 0 spiro atoms.